The molecule has 0 aromatic carbocycles. The van der Waals surface area contributed by atoms with Crippen molar-refractivity contribution < 1.29 is 0 Å². The van der Waals surface area contributed by atoms with Crippen molar-refractivity contribution in [1.29, 1.82) is 0 Å². The first kappa shape index (κ1) is 13.0. The van der Waals surface area contributed by atoms with E-state index >= 15 is 0 Å². The predicted molar refractivity (Wildman–Crippen MR) is 74.6 cm³/mol. The summed E-state index contributed by atoms with van der Waals surface area (Å²) in [5.74, 6) is 1.48. The number of rotatable bonds is 4. The molecule has 1 heterocycles. The van der Waals surface area contributed by atoms with Gasteiger partial charge in [-0.05, 0) is 25.2 Å². The van der Waals surface area contributed by atoms with Crippen LogP contribution in [-0.4, -0.2) is 17.6 Å². The van der Waals surface area contributed by atoms with Crippen LogP contribution in [0.1, 0.15) is 56.9 Å². The molecule has 1 fully saturated rings. The summed E-state index contributed by atoms with van der Waals surface area (Å²) in [5, 5.41) is 7.07. The van der Waals surface area contributed by atoms with Gasteiger partial charge in [-0.1, -0.05) is 26.7 Å². The third-order valence-corrected chi connectivity index (χ3v) is 4.85. The zero-order valence-corrected chi connectivity index (χ0v) is 11.8. The van der Waals surface area contributed by atoms with Gasteiger partial charge >= 0.3 is 0 Å². The molecular weight excluding hydrogens is 228 g/mol. The average molecular weight is 252 g/mol. The summed E-state index contributed by atoms with van der Waals surface area (Å²) < 4.78 is 0. The Morgan fingerprint density at radius 3 is 3.06 bits per heavy atom. The van der Waals surface area contributed by atoms with Crippen LogP contribution in [-0.2, 0) is 0 Å². The van der Waals surface area contributed by atoms with E-state index in [1.165, 1.54) is 37.1 Å². The lowest BCUT2D eigenvalue weighted by Crippen LogP contribution is -2.31. The van der Waals surface area contributed by atoms with Gasteiger partial charge in [-0.15, -0.1) is 11.3 Å². The van der Waals surface area contributed by atoms with Crippen LogP contribution in [0.5, 0.6) is 0 Å². The van der Waals surface area contributed by atoms with Gasteiger partial charge in [-0.2, -0.15) is 0 Å². The van der Waals surface area contributed by atoms with Gasteiger partial charge in [0.1, 0.15) is 0 Å². The van der Waals surface area contributed by atoms with E-state index in [-0.39, 0.29) is 0 Å². The van der Waals surface area contributed by atoms with Gasteiger partial charge in [0, 0.05) is 30.1 Å². The van der Waals surface area contributed by atoms with Crippen molar-refractivity contribution in [2.75, 3.05) is 6.54 Å². The molecule has 0 saturated heterocycles. The lowest BCUT2D eigenvalue weighted by molar-refractivity contribution is 0.436. The van der Waals surface area contributed by atoms with E-state index in [0.29, 0.717) is 5.92 Å². The SMILES string of the molecule is CC1CCCC(NCC(C)c2nccs2)CC1. The quantitative estimate of drug-likeness (QED) is 0.824. The Hall–Kier alpha value is -0.410. The van der Waals surface area contributed by atoms with Gasteiger partial charge in [0.05, 0.1) is 5.01 Å². The molecule has 1 aliphatic rings. The maximum atomic E-state index is 4.39. The first-order chi connectivity index (χ1) is 8.25. The third-order valence-electron chi connectivity index (χ3n) is 3.84. The minimum atomic E-state index is 0.552. The number of aromatic nitrogens is 1. The number of nitrogens with zero attached hydrogens (tertiary/aromatic N) is 1. The molecule has 0 radical (unpaired) electrons. The zero-order chi connectivity index (χ0) is 12.1. The van der Waals surface area contributed by atoms with Crippen LogP contribution in [0.2, 0.25) is 0 Å². The summed E-state index contributed by atoms with van der Waals surface area (Å²) >= 11 is 1.77. The lowest BCUT2D eigenvalue weighted by atomic mass is 10.0. The van der Waals surface area contributed by atoms with Crippen molar-refractivity contribution in [3.8, 4) is 0 Å². The molecule has 0 aliphatic heterocycles. The zero-order valence-electron chi connectivity index (χ0n) is 11.0. The first-order valence-electron chi connectivity index (χ1n) is 6.88. The summed E-state index contributed by atoms with van der Waals surface area (Å²) in [6.45, 7) is 5.73. The number of nitrogens with one attached hydrogen (secondary N) is 1. The van der Waals surface area contributed by atoms with Crippen LogP contribution in [0, 0.1) is 5.92 Å². The van der Waals surface area contributed by atoms with Crippen molar-refractivity contribution in [2.45, 2.75) is 57.9 Å². The Balaban J connectivity index is 1.74. The summed E-state index contributed by atoms with van der Waals surface area (Å²) in [7, 11) is 0. The van der Waals surface area contributed by atoms with Crippen LogP contribution in [0.25, 0.3) is 0 Å². The molecule has 3 atom stereocenters. The van der Waals surface area contributed by atoms with E-state index in [2.05, 4.69) is 29.5 Å². The fourth-order valence-corrected chi connectivity index (χ4v) is 3.30. The molecule has 1 aliphatic carbocycles. The molecule has 17 heavy (non-hydrogen) atoms. The minimum absolute atomic E-state index is 0.552. The molecule has 0 spiro atoms. The highest BCUT2D eigenvalue weighted by Crippen LogP contribution is 2.23. The molecule has 96 valence electrons. The molecule has 3 heteroatoms. The topological polar surface area (TPSA) is 24.9 Å². The fraction of sp³-hybridized carbons (Fsp3) is 0.786. The number of thiazole rings is 1. The van der Waals surface area contributed by atoms with Gasteiger partial charge in [0.2, 0.25) is 0 Å². The molecule has 0 amide bonds. The van der Waals surface area contributed by atoms with E-state index in [9.17, 15) is 0 Å². The fourth-order valence-electron chi connectivity index (χ4n) is 2.60. The van der Waals surface area contributed by atoms with Crippen molar-refractivity contribution in [3.05, 3.63) is 16.6 Å². The summed E-state index contributed by atoms with van der Waals surface area (Å²) in [6.07, 6.45) is 8.82. The second-order valence-corrected chi connectivity index (χ2v) is 6.42. The molecular formula is C14H24N2S. The highest BCUT2D eigenvalue weighted by atomic mass is 32.1. The van der Waals surface area contributed by atoms with Crippen molar-refractivity contribution >= 4 is 11.3 Å². The van der Waals surface area contributed by atoms with E-state index in [1.54, 1.807) is 11.3 Å². The van der Waals surface area contributed by atoms with E-state index in [4.69, 9.17) is 0 Å². The maximum Gasteiger partial charge on any atom is 0.0965 e. The maximum absolute atomic E-state index is 4.39. The Bertz CT molecular complexity index is 310. The van der Waals surface area contributed by atoms with Crippen LogP contribution in [0.3, 0.4) is 0 Å². The Morgan fingerprint density at radius 2 is 2.29 bits per heavy atom. The molecule has 1 aromatic rings. The van der Waals surface area contributed by atoms with Gasteiger partial charge in [-0.3, -0.25) is 0 Å². The standard InChI is InChI=1S/C14H24N2S/c1-11-4-3-5-13(7-6-11)16-10-12(2)14-15-8-9-17-14/h8-9,11-13,16H,3-7,10H2,1-2H3. The normalized spacial score (nSPS) is 27.6. The molecule has 3 unspecified atom stereocenters. The van der Waals surface area contributed by atoms with Gasteiger partial charge in [-0.25, -0.2) is 4.98 Å². The highest BCUT2D eigenvalue weighted by molar-refractivity contribution is 7.09. The highest BCUT2D eigenvalue weighted by Gasteiger charge is 2.17. The number of hydrogen-bond acceptors (Lipinski definition) is 3. The molecule has 1 N–H and O–H groups in total. The lowest BCUT2D eigenvalue weighted by Gasteiger charge is -2.18. The molecule has 2 nitrogen and oxygen atoms in total. The summed E-state index contributed by atoms with van der Waals surface area (Å²) in [4.78, 5) is 4.39. The van der Waals surface area contributed by atoms with Crippen molar-refractivity contribution in [2.24, 2.45) is 5.92 Å². The van der Waals surface area contributed by atoms with Gasteiger partial charge < -0.3 is 5.32 Å². The Labute approximate surface area is 109 Å². The summed E-state index contributed by atoms with van der Waals surface area (Å²) in [6, 6.07) is 0.738. The average Bonchev–Trinajstić information content (AvgIpc) is 2.78. The first-order valence-corrected chi connectivity index (χ1v) is 7.76. The number of hydrogen-bond donors (Lipinski definition) is 1. The van der Waals surface area contributed by atoms with Gasteiger partial charge in [0.25, 0.3) is 0 Å². The molecule has 0 bridgehead atoms. The molecule has 2 rings (SSSR count). The van der Waals surface area contributed by atoms with Crippen LogP contribution in [0.4, 0.5) is 0 Å². The second-order valence-electron chi connectivity index (χ2n) is 5.49. The predicted octanol–water partition coefficient (Wildman–Crippen LogP) is 3.81. The smallest absolute Gasteiger partial charge is 0.0965 e. The van der Waals surface area contributed by atoms with Crippen LogP contribution >= 0.6 is 11.3 Å². The van der Waals surface area contributed by atoms with E-state index in [1.807, 2.05) is 6.20 Å². The van der Waals surface area contributed by atoms with Crippen molar-refractivity contribution in [3.63, 3.8) is 0 Å². The van der Waals surface area contributed by atoms with E-state index < -0.39 is 0 Å². The summed E-state index contributed by atoms with van der Waals surface area (Å²) in [5.41, 5.74) is 0. The minimum Gasteiger partial charge on any atom is -0.313 e. The largest absolute Gasteiger partial charge is 0.313 e. The third kappa shape index (κ3) is 4.07. The van der Waals surface area contributed by atoms with E-state index in [0.717, 1.165) is 18.5 Å². The Morgan fingerprint density at radius 1 is 1.41 bits per heavy atom. The van der Waals surface area contributed by atoms with Crippen LogP contribution in [0.15, 0.2) is 11.6 Å². The van der Waals surface area contributed by atoms with Crippen LogP contribution < -0.4 is 5.32 Å². The second kappa shape index (κ2) is 6.50. The van der Waals surface area contributed by atoms with Gasteiger partial charge in [0.15, 0.2) is 0 Å². The van der Waals surface area contributed by atoms with Crippen molar-refractivity contribution in [1.82, 2.24) is 10.3 Å². The Kier molecular flexibility index (Phi) is 4.99. The monoisotopic (exact) mass is 252 g/mol. The molecule has 1 saturated carbocycles. The molecule has 1 aromatic heterocycles.